The molecule has 0 aliphatic carbocycles. The quantitative estimate of drug-likeness (QED) is 0.561. The fourth-order valence-electron chi connectivity index (χ4n) is 3.55. The van der Waals surface area contributed by atoms with Crippen molar-refractivity contribution >= 4 is 23.5 Å². The number of benzene rings is 2. The third kappa shape index (κ3) is 2.73. The number of hydrogen-bond acceptors (Lipinski definition) is 6. The van der Waals surface area contributed by atoms with Crippen molar-refractivity contribution in [3.8, 4) is 11.5 Å². The van der Waals surface area contributed by atoms with Crippen LogP contribution in [0.2, 0.25) is 0 Å². The Labute approximate surface area is 161 Å². The summed E-state index contributed by atoms with van der Waals surface area (Å²) in [4.78, 5) is 14.4. The molecular weight excluding hydrogens is 364 g/mol. The van der Waals surface area contributed by atoms with Gasteiger partial charge in [0.1, 0.15) is 0 Å². The molecule has 27 heavy (non-hydrogen) atoms. The molecule has 0 aromatic heterocycles. The van der Waals surface area contributed by atoms with Gasteiger partial charge in [-0.3, -0.25) is 10.1 Å². The minimum Gasteiger partial charge on any atom is -0.493 e. The molecule has 140 valence electrons. The van der Waals surface area contributed by atoms with Crippen LogP contribution < -0.4 is 14.4 Å². The average molecular weight is 384 g/mol. The number of likely N-dealkylation sites (N-methyl/N-ethyl adjacent to an activating group) is 1. The summed E-state index contributed by atoms with van der Waals surface area (Å²) in [7, 11) is 3.55. The van der Waals surface area contributed by atoms with E-state index in [0.717, 1.165) is 16.1 Å². The molecule has 0 N–H and O–H groups in total. The van der Waals surface area contributed by atoms with Gasteiger partial charge in [0.15, 0.2) is 11.5 Å². The van der Waals surface area contributed by atoms with Gasteiger partial charge in [-0.25, -0.2) is 0 Å². The Bertz CT molecular complexity index is 946. The zero-order valence-corrected chi connectivity index (χ0v) is 16.2. The van der Waals surface area contributed by atoms with Crippen LogP contribution in [0.25, 0.3) is 6.08 Å². The highest BCUT2D eigenvalue weighted by Gasteiger charge is 2.46. The zero-order chi connectivity index (χ0) is 19.2. The first-order chi connectivity index (χ1) is 13.0. The number of fused-ring (bicyclic) bond motifs is 2. The summed E-state index contributed by atoms with van der Waals surface area (Å²) < 4.78 is 12.0. The van der Waals surface area contributed by atoms with Crippen LogP contribution in [0.5, 0.6) is 11.5 Å². The molecule has 0 radical (unpaired) electrons. The first-order valence-corrected chi connectivity index (χ1v) is 9.56. The van der Waals surface area contributed by atoms with E-state index in [1.807, 2.05) is 44.3 Å². The van der Waals surface area contributed by atoms with Crippen molar-refractivity contribution in [3.05, 3.63) is 63.7 Å². The van der Waals surface area contributed by atoms with Crippen LogP contribution in [0.15, 0.2) is 47.4 Å². The minimum absolute atomic E-state index is 0.257. The van der Waals surface area contributed by atoms with E-state index in [9.17, 15) is 10.1 Å². The predicted molar refractivity (Wildman–Crippen MR) is 106 cm³/mol. The molecule has 0 amide bonds. The van der Waals surface area contributed by atoms with E-state index in [-0.39, 0.29) is 4.92 Å². The Morgan fingerprint density at radius 1 is 1.37 bits per heavy atom. The highest BCUT2D eigenvalue weighted by atomic mass is 32.2. The molecule has 2 aromatic rings. The zero-order valence-electron chi connectivity index (χ0n) is 15.3. The normalized spacial score (nSPS) is 20.8. The van der Waals surface area contributed by atoms with Gasteiger partial charge in [0, 0.05) is 34.4 Å². The molecular formula is C20H20N2O4S. The fourth-order valence-corrected chi connectivity index (χ4v) is 4.82. The lowest BCUT2D eigenvalue weighted by Gasteiger charge is -2.37. The van der Waals surface area contributed by atoms with Crippen LogP contribution in [0.1, 0.15) is 30.5 Å². The summed E-state index contributed by atoms with van der Waals surface area (Å²) in [5.74, 6) is 1.12. The van der Waals surface area contributed by atoms with Gasteiger partial charge in [-0.15, -0.1) is 0 Å². The summed E-state index contributed by atoms with van der Waals surface area (Å²) in [5, 5.41) is 10.7. The van der Waals surface area contributed by atoms with Crippen molar-refractivity contribution < 1.29 is 14.4 Å². The number of hydrogen-bond donors (Lipinski definition) is 0. The first kappa shape index (κ1) is 17.7. The summed E-state index contributed by atoms with van der Waals surface area (Å²) in [5.41, 5.74) is 2.52. The van der Waals surface area contributed by atoms with Crippen molar-refractivity contribution in [2.75, 3.05) is 19.1 Å². The summed E-state index contributed by atoms with van der Waals surface area (Å²) >= 11 is 1.62. The smallest absolute Gasteiger partial charge is 0.256 e. The van der Waals surface area contributed by atoms with Gasteiger partial charge in [-0.05, 0) is 48.2 Å². The van der Waals surface area contributed by atoms with Crippen molar-refractivity contribution in [3.63, 3.8) is 0 Å². The molecule has 2 aliphatic rings. The highest BCUT2D eigenvalue weighted by molar-refractivity contribution is 8.01. The maximum atomic E-state index is 11.4. The molecule has 6 nitrogen and oxygen atoms in total. The van der Waals surface area contributed by atoms with E-state index in [1.165, 1.54) is 0 Å². The molecule has 0 bridgehead atoms. The Morgan fingerprint density at radius 3 is 2.81 bits per heavy atom. The average Bonchev–Trinajstić information content (AvgIpc) is 2.93. The van der Waals surface area contributed by atoms with Crippen LogP contribution >= 0.6 is 11.8 Å². The molecule has 2 aliphatic heterocycles. The lowest BCUT2D eigenvalue weighted by Crippen LogP contribution is -2.45. The largest absolute Gasteiger partial charge is 0.493 e. The third-order valence-corrected chi connectivity index (χ3v) is 6.37. The van der Waals surface area contributed by atoms with E-state index in [2.05, 4.69) is 17.0 Å². The summed E-state index contributed by atoms with van der Waals surface area (Å²) in [6, 6.07) is 10.9. The van der Waals surface area contributed by atoms with Crippen molar-refractivity contribution in [1.29, 1.82) is 0 Å². The second kappa shape index (κ2) is 6.49. The Hall–Kier alpha value is -2.67. The maximum absolute atomic E-state index is 11.4. The molecule has 7 heteroatoms. The molecule has 2 atom stereocenters. The van der Waals surface area contributed by atoms with Crippen LogP contribution in [-0.4, -0.2) is 24.1 Å². The molecule has 0 fully saturated rings. The number of ether oxygens (including phenoxy) is 2. The van der Waals surface area contributed by atoms with Crippen LogP contribution in [0, 0.1) is 10.1 Å². The Balaban J connectivity index is 1.76. The number of methoxy groups -OCH3 is 1. The lowest BCUT2D eigenvalue weighted by molar-refractivity contribution is -0.529. The van der Waals surface area contributed by atoms with Gasteiger partial charge in [0.25, 0.3) is 5.06 Å². The predicted octanol–water partition coefficient (Wildman–Crippen LogP) is 4.72. The van der Waals surface area contributed by atoms with Crippen molar-refractivity contribution in [2.24, 2.45) is 0 Å². The van der Waals surface area contributed by atoms with Gasteiger partial charge >= 0.3 is 0 Å². The van der Waals surface area contributed by atoms with E-state index in [0.29, 0.717) is 23.5 Å². The first-order valence-electron chi connectivity index (χ1n) is 8.74. The topological polar surface area (TPSA) is 64.8 Å². The standard InChI is InChI=1S/C20H20N2O4S/c1-4-15(22(23)24)14-11-13-9-10-20(26-19(13)17(12-14)25-3)21(2)16-7-5-6-8-18(16)27-20/h5-12,15H,4H2,1-3H3. The molecule has 1 spiro atoms. The number of para-hydroxylation sites is 1. The lowest BCUT2D eigenvalue weighted by atomic mass is 9.99. The van der Waals surface area contributed by atoms with E-state index < -0.39 is 11.1 Å². The second-order valence-electron chi connectivity index (χ2n) is 6.55. The second-order valence-corrected chi connectivity index (χ2v) is 7.77. The Kier molecular flexibility index (Phi) is 4.26. The molecule has 2 aromatic carbocycles. The molecule has 4 rings (SSSR count). The monoisotopic (exact) mass is 384 g/mol. The van der Waals surface area contributed by atoms with Crippen LogP contribution in [0.4, 0.5) is 5.69 Å². The summed E-state index contributed by atoms with van der Waals surface area (Å²) in [6.45, 7) is 1.81. The van der Waals surface area contributed by atoms with Crippen molar-refractivity contribution in [1.82, 2.24) is 0 Å². The highest BCUT2D eigenvalue weighted by Crippen LogP contribution is 2.54. The third-order valence-electron chi connectivity index (χ3n) is 5.02. The van der Waals surface area contributed by atoms with Crippen LogP contribution in [-0.2, 0) is 0 Å². The van der Waals surface area contributed by atoms with E-state index in [1.54, 1.807) is 24.9 Å². The summed E-state index contributed by atoms with van der Waals surface area (Å²) in [6.07, 6.45) is 4.38. The number of nitro groups is 1. The number of rotatable bonds is 4. The number of thioether (sulfide) groups is 1. The van der Waals surface area contributed by atoms with Gasteiger partial charge in [-0.2, -0.15) is 0 Å². The van der Waals surface area contributed by atoms with Gasteiger partial charge in [-0.1, -0.05) is 19.1 Å². The SMILES string of the molecule is CCC(c1cc2c(c(OC)c1)OC1(C=C2)Sc2ccccc2N1C)[N+](=O)[O-]. The molecule has 2 unspecified atom stereocenters. The minimum atomic E-state index is -0.763. The Morgan fingerprint density at radius 2 is 2.15 bits per heavy atom. The van der Waals surface area contributed by atoms with Crippen molar-refractivity contribution in [2.45, 2.75) is 29.3 Å². The van der Waals surface area contributed by atoms with Gasteiger partial charge in [0.2, 0.25) is 6.04 Å². The van der Waals surface area contributed by atoms with E-state index >= 15 is 0 Å². The van der Waals surface area contributed by atoms with Gasteiger partial charge < -0.3 is 14.4 Å². The molecule has 0 saturated heterocycles. The number of nitrogens with zero attached hydrogens (tertiary/aromatic N) is 2. The molecule has 0 saturated carbocycles. The van der Waals surface area contributed by atoms with Crippen LogP contribution in [0.3, 0.4) is 0 Å². The van der Waals surface area contributed by atoms with Gasteiger partial charge in [0.05, 0.1) is 12.8 Å². The fraction of sp³-hybridized carbons (Fsp3) is 0.300. The van der Waals surface area contributed by atoms with E-state index in [4.69, 9.17) is 9.47 Å². The molecule has 2 heterocycles. The number of anilines is 1. The maximum Gasteiger partial charge on any atom is 0.256 e.